The van der Waals surface area contributed by atoms with Gasteiger partial charge in [-0.15, -0.1) is 0 Å². The van der Waals surface area contributed by atoms with E-state index in [1.807, 2.05) is 19.1 Å². The van der Waals surface area contributed by atoms with Gasteiger partial charge in [-0.05, 0) is 43.3 Å². The predicted octanol–water partition coefficient (Wildman–Crippen LogP) is 3.90. The van der Waals surface area contributed by atoms with Crippen LogP contribution in [0.1, 0.15) is 5.56 Å². The molecule has 0 saturated heterocycles. The maximum atomic E-state index is 12.4. The fraction of sp³-hybridized carbons (Fsp3) is 0.0625. The Hall–Kier alpha value is -2.29. The van der Waals surface area contributed by atoms with E-state index in [1.165, 1.54) is 30.5 Å². The zero-order valence-corrected chi connectivity index (χ0v) is 13.3. The summed E-state index contributed by atoms with van der Waals surface area (Å²) >= 11 is 5.74. The lowest BCUT2D eigenvalue weighted by Crippen LogP contribution is -2.05. The summed E-state index contributed by atoms with van der Waals surface area (Å²) in [6.45, 7) is 1.95. The fourth-order valence-electron chi connectivity index (χ4n) is 1.71. The maximum Gasteiger partial charge on any atom is 0.218 e. The molecule has 0 heterocycles. The molecule has 0 fully saturated rings. The highest BCUT2D eigenvalue weighted by Gasteiger charge is 2.20. The van der Waals surface area contributed by atoms with E-state index in [1.54, 1.807) is 18.2 Å². The molecule has 112 valence electrons. The molecule has 22 heavy (non-hydrogen) atoms. The fourth-order valence-corrected chi connectivity index (χ4v) is 2.92. The van der Waals surface area contributed by atoms with Crippen molar-refractivity contribution in [3.8, 4) is 6.07 Å². The van der Waals surface area contributed by atoms with Gasteiger partial charge in [0.1, 0.15) is 6.07 Å². The van der Waals surface area contributed by atoms with Gasteiger partial charge in [-0.2, -0.15) is 5.26 Å². The summed E-state index contributed by atoms with van der Waals surface area (Å²) in [5.74, 6) is 0. The lowest BCUT2D eigenvalue weighted by atomic mass is 10.2. The van der Waals surface area contributed by atoms with Crippen molar-refractivity contribution >= 4 is 27.1 Å². The molecule has 1 N–H and O–H groups in total. The minimum Gasteiger partial charge on any atom is -0.360 e. The van der Waals surface area contributed by atoms with Crippen LogP contribution in [0.15, 0.2) is 64.5 Å². The molecule has 0 aromatic heterocycles. The van der Waals surface area contributed by atoms with E-state index >= 15 is 0 Å². The van der Waals surface area contributed by atoms with Gasteiger partial charge < -0.3 is 5.32 Å². The molecular weight excluding hydrogens is 320 g/mol. The third kappa shape index (κ3) is 3.67. The van der Waals surface area contributed by atoms with Crippen LogP contribution in [-0.2, 0) is 9.84 Å². The number of nitrogens with zero attached hydrogens (tertiary/aromatic N) is 1. The number of allylic oxidation sites excluding steroid dienone is 1. The van der Waals surface area contributed by atoms with Gasteiger partial charge in [0.15, 0.2) is 4.91 Å². The quantitative estimate of drug-likeness (QED) is 0.862. The Kier molecular flexibility index (Phi) is 4.86. The number of halogens is 1. The normalized spacial score (nSPS) is 11.8. The number of nitriles is 1. The Bertz CT molecular complexity index is 833. The largest absolute Gasteiger partial charge is 0.360 e. The summed E-state index contributed by atoms with van der Waals surface area (Å²) in [4.78, 5) is -0.342. The topological polar surface area (TPSA) is 70.0 Å². The van der Waals surface area contributed by atoms with E-state index in [4.69, 9.17) is 16.9 Å². The minimum absolute atomic E-state index is 0.0235. The molecule has 0 amide bonds. The van der Waals surface area contributed by atoms with Gasteiger partial charge in [-0.3, -0.25) is 0 Å². The molecule has 0 aliphatic rings. The first-order valence-corrected chi connectivity index (χ1v) is 8.24. The first kappa shape index (κ1) is 16.1. The molecule has 0 aliphatic carbocycles. The van der Waals surface area contributed by atoms with Crippen LogP contribution in [0.4, 0.5) is 5.69 Å². The van der Waals surface area contributed by atoms with Crippen LogP contribution in [0.3, 0.4) is 0 Å². The average molecular weight is 333 g/mol. The van der Waals surface area contributed by atoms with Gasteiger partial charge in [0.05, 0.1) is 4.90 Å². The van der Waals surface area contributed by atoms with Crippen LogP contribution in [-0.4, -0.2) is 8.42 Å². The molecule has 0 bridgehead atoms. The number of rotatable bonds is 4. The van der Waals surface area contributed by atoms with E-state index in [9.17, 15) is 8.42 Å². The Morgan fingerprint density at radius 2 is 1.73 bits per heavy atom. The van der Waals surface area contributed by atoms with Gasteiger partial charge in [0, 0.05) is 16.9 Å². The zero-order valence-electron chi connectivity index (χ0n) is 11.7. The lowest BCUT2D eigenvalue weighted by Gasteiger charge is -2.05. The SMILES string of the molecule is Cc1ccc(NC=C(C#N)S(=O)(=O)c2ccc(Cl)cc2)cc1. The van der Waals surface area contributed by atoms with Gasteiger partial charge in [-0.25, -0.2) is 8.42 Å². The van der Waals surface area contributed by atoms with Crippen molar-refractivity contribution in [2.45, 2.75) is 11.8 Å². The molecule has 2 aromatic carbocycles. The van der Waals surface area contributed by atoms with Crippen molar-refractivity contribution in [1.82, 2.24) is 0 Å². The highest BCUT2D eigenvalue weighted by atomic mass is 35.5. The van der Waals surface area contributed by atoms with Crippen LogP contribution in [0.2, 0.25) is 5.02 Å². The zero-order chi connectivity index (χ0) is 16.2. The molecule has 6 heteroatoms. The first-order chi connectivity index (χ1) is 10.4. The molecule has 0 unspecified atom stereocenters. The van der Waals surface area contributed by atoms with Gasteiger partial charge in [0.2, 0.25) is 9.84 Å². The summed E-state index contributed by atoms with van der Waals surface area (Å²) in [5, 5.41) is 12.4. The summed E-state index contributed by atoms with van der Waals surface area (Å²) in [6, 6.07) is 14.8. The number of hydrogen-bond donors (Lipinski definition) is 1. The number of sulfone groups is 1. The van der Waals surface area contributed by atoms with E-state index < -0.39 is 9.84 Å². The van der Waals surface area contributed by atoms with Crippen molar-refractivity contribution in [1.29, 1.82) is 5.26 Å². The first-order valence-electron chi connectivity index (χ1n) is 6.37. The number of benzene rings is 2. The van der Waals surface area contributed by atoms with E-state index in [0.29, 0.717) is 10.7 Å². The highest BCUT2D eigenvalue weighted by molar-refractivity contribution is 7.95. The minimum atomic E-state index is -3.87. The summed E-state index contributed by atoms with van der Waals surface area (Å²) < 4.78 is 24.8. The molecule has 2 aromatic rings. The van der Waals surface area contributed by atoms with Crippen molar-refractivity contribution in [2.75, 3.05) is 5.32 Å². The molecule has 4 nitrogen and oxygen atoms in total. The third-order valence-electron chi connectivity index (χ3n) is 2.95. The van der Waals surface area contributed by atoms with Gasteiger partial charge in [0.25, 0.3) is 0 Å². The second kappa shape index (κ2) is 6.65. The van der Waals surface area contributed by atoms with Crippen LogP contribution >= 0.6 is 11.6 Å². The van der Waals surface area contributed by atoms with E-state index in [-0.39, 0.29) is 9.80 Å². The lowest BCUT2D eigenvalue weighted by molar-refractivity contribution is 0.603. The Morgan fingerprint density at radius 1 is 1.14 bits per heavy atom. The number of nitrogens with one attached hydrogen (secondary N) is 1. The van der Waals surface area contributed by atoms with E-state index in [0.717, 1.165) is 5.56 Å². The molecule has 2 rings (SSSR count). The highest BCUT2D eigenvalue weighted by Crippen LogP contribution is 2.21. The van der Waals surface area contributed by atoms with Crippen molar-refractivity contribution < 1.29 is 8.42 Å². The van der Waals surface area contributed by atoms with Crippen molar-refractivity contribution in [2.24, 2.45) is 0 Å². The number of anilines is 1. The Balaban J connectivity index is 2.30. The second-order valence-electron chi connectivity index (χ2n) is 4.59. The Labute approximate surface area is 134 Å². The maximum absolute atomic E-state index is 12.4. The molecular formula is C16H13ClN2O2S. The predicted molar refractivity (Wildman–Crippen MR) is 87.1 cm³/mol. The van der Waals surface area contributed by atoms with Gasteiger partial charge >= 0.3 is 0 Å². The molecule has 0 aliphatic heterocycles. The van der Waals surface area contributed by atoms with Crippen LogP contribution in [0, 0.1) is 18.3 Å². The smallest absolute Gasteiger partial charge is 0.218 e. The third-order valence-corrected chi connectivity index (χ3v) is 4.88. The summed E-state index contributed by atoms with van der Waals surface area (Å²) in [5.41, 5.74) is 1.79. The van der Waals surface area contributed by atoms with Crippen molar-refractivity contribution in [3.63, 3.8) is 0 Å². The number of aryl methyl sites for hydroxylation is 1. The molecule has 0 spiro atoms. The molecule has 0 atom stereocenters. The van der Waals surface area contributed by atoms with Gasteiger partial charge in [-0.1, -0.05) is 29.3 Å². The van der Waals surface area contributed by atoms with Crippen LogP contribution in [0.25, 0.3) is 0 Å². The van der Waals surface area contributed by atoms with Crippen LogP contribution < -0.4 is 5.32 Å². The standard InChI is InChI=1S/C16H13ClN2O2S/c1-12-2-6-14(7-3-12)19-11-16(10-18)22(20,21)15-8-4-13(17)5-9-15/h2-9,11,19H,1H3. The summed E-state index contributed by atoms with van der Waals surface area (Å²) in [6.07, 6.45) is 1.19. The average Bonchev–Trinajstić information content (AvgIpc) is 2.50. The summed E-state index contributed by atoms with van der Waals surface area (Å²) in [7, 11) is -3.87. The van der Waals surface area contributed by atoms with E-state index in [2.05, 4.69) is 5.32 Å². The van der Waals surface area contributed by atoms with Crippen LogP contribution in [0.5, 0.6) is 0 Å². The Morgan fingerprint density at radius 3 is 2.27 bits per heavy atom. The molecule has 0 radical (unpaired) electrons. The second-order valence-corrected chi connectivity index (χ2v) is 6.94. The molecule has 0 saturated carbocycles. The number of hydrogen-bond acceptors (Lipinski definition) is 4. The van der Waals surface area contributed by atoms with Crippen molar-refractivity contribution in [3.05, 3.63) is 70.2 Å². The monoisotopic (exact) mass is 332 g/mol.